The lowest BCUT2D eigenvalue weighted by Gasteiger charge is -2.22. The van der Waals surface area contributed by atoms with Crippen molar-refractivity contribution in [3.8, 4) is 0 Å². The van der Waals surface area contributed by atoms with Crippen LogP contribution in [0.25, 0.3) is 0 Å². The quantitative estimate of drug-likeness (QED) is 0.749. The van der Waals surface area contributed by atoms with Crippen LogP contribution in [0.15, 0.2) is 18.2 Å². The number of benzene rings is 1. The fourth-order valence-electron chi connectivity index (χ4n) is 1.68. The number of hydrogen-bond donors (Lipinski definition) is 0. The van der Waals surface area contributed by atoms with E-state index < -0.39 is 0 Å². The van der Waals surface area contributed by atoms with Crippen LogP contribution in [0.5, 0.6) is 0 Å². The van der Waals surface area contributed by atoms with Gasteiger partial charge in [0.15, 0.2) is 0 Å². The van der Waals surface area contributed by atoms with Gasteiger partial charge < -0.3 is 4.90 Å². The Bertz CT molecular complexity index is 387. The fraction of sp³-hybridized carbons (Fsp3) is 0.462. The number of hydrogen-bond acceptors (Lipinski definition) is 1. The van der Waals surface area contributed by atoms with E-state index in [-0.39, 0.29) is 5.91 Å². The number of carbonyl (C=O) groups is 1. The molecule has 94 valence electrons. The standard InChI is InChI=1S/C13H17Cl2NO/c1-3-7-16(8-6-14)13(17)12-9-11(15)5-4-10(12)2/h4-5,9H,3,6-8H2,1-2H3. The van der Waals surface area contributed by atoms with Crippen LogP contribution in [0.3, 0.4) is 0 Å². The number of nitrogens with zero attached hydrogens (tertiary/aromatic N) is 1. The molecule has 0 saturated heterocycles. The van der Waals surface area contributed by atoms with Gasteiger partial charge in [-0.25, -0.2) is 0 Å². The van der Waals surface area contributed by atoms with Gasteiger partial charge in [0.1, 0.15) is 0 Å². The molecule has 0 radical (unpaired) electrons. The van der Waals surface area contributed by atoms with Crippen LogP contribution in [0.4, 0.5) is 0 Å². The van der Waals surface area contributed by atoms with Crippen molar-refractivity contribution < 1.29 is 4.79 Å². The van der Waals surface area contributed by atoms with Crippen LogP contribution in [-0.4, -0.2) is 29.8 Å². The minimum atomic E-state index is 0.00694. The molecular weight excluding hydrogens is 257 g/mol. The number of aryl methyl sites for hydroxylation is 1. The lowest BCUT2D eigenvalue weighted by atomic mass is 10.1. The Morgan fingerprint density at radius 2 is 2.06 bits per heavy atom. The van der Waals surface area contributed by atoms with E-state index in [2.05, 4.69) is 0 Å². The Morgan fingerprint density at radius 1 is 1.35 bits per heavy atom. The van der Waals surface area contributed by atoms with Gasteiger partial charge in [0, 0.05) is 29.6 Å². The number of carbonyl (C=O) groups excluding carboxylic acids is 1. The van der Waals surface area contributed by atoms with Crippen molar-refractivity contribution in [2.45, 2.75) is 20.3 Å². The highest BCUT2D eigenvalue weighted by atomic mass is 35.5. The minimum absolute atomic E-state index is 0.00694. The molecule has 0 aliphatic rings. The smallest absolute Gasteiger partial charge is 0.254 e. The van der Waals surface area contributed by atoms with E-state index in [0.717, 1.165) is 18.5 Å². The molecule has 0 aliphatic heterocycles. The van der Waals surface area contributed by atoms with Gasteiger partial charge in [-0.05, 0) is 31.0 Å². The maximum absolute atomic E-state index is 12.3. The summed E-state index contributed by atoms with van der Waals surface area (Å²) in [5.41, 5.74) is 1.60. The summed E-state index contributed by atoms with van der Waals surface area (Å²) in [5, 5.41) is 0.585. The maximum atomic E-state index is 12.3. The van der Waals surface area contributed by atoms with E-state index in [1.807, 2.05) is 19.9 Å². The van der Waals surface area contributed by atoms with Crippen molar-refractivity contribution in [3.63, 3.8) is 0 Å². The first-order valence-corrected chi connectivity index (χ1v) is 6.62. The lowest BCUT2D eigenvalue weighted by Crippen LogP contribution is -2.33. The van der Waals surface area contributed by atoms with Crippen LogP contribution >= 0.6 is 23.2 Å². The van der Waals surface area contributed by atoms with Crippen LogP contribution in [0.1, 0.15) is 29.3 Å². The molecule has 0 spiro atoms. The number of rotatable bonds is 5. The predicted molar refractivity (Wildman–Crippen MR) is 73.1 cm³/mol. The molecule has 1 amide bonds. The van der Waals surface area contributed by atoms with Gasteiger partial charge in [-0.15, -0.1) is 11.6 Å². The van der Waals surface area contributed by atoms with Gasteiger partial charge in [-0.3, -0.25) is 4.79 Å². The zero-order valence-electron chi connectivity index (χ0n) is 10.2. The normalized spacial score (nSPS) is 10.4. The second-order valence-electron chi connectivity index (χ2n) is 3.94. The summed E-state index contributed by atoms with van der Waals surface area (Å²) in [6.07, 6.45) is 0.919. The molecule has 0 atom stereocenters. The van der Waals surface area contributed by atoms with Crippen LogP contribution < -0.4 is 0 Å². The Labute approximate surface area is 113 Å². The molecule has 0 aliphatic carbocycles. The summed E-state index contributed by atoms with van der Waals surface area (Å²) in [5.74, 6) is 0.457. The number of alkyl halides is 1. The Kier molecular flexibility index (Phi) is 5.79. The van der Waals surface area contributed by atoms with Gasteiger partial charge in [0.05, 0.1) is 0 Å². The number of amides is 1. The van der Waals surface area contributed by atoms with Crippen molar-refractivity contribution in [2.75, 3.05) is 19.0 Å². The highest BCUT2D eigenvalue weighted by molar-refractivity contribution is 6.31. The molecule has 0 fully saturated rings. The summed E-state index contributed by atoms with van der Waals surface area (Å²) in [4.78, 5) is 14.1. The van der Waals surface area contributed by atoms with Gasteiger partial charge in [-0.1, -0.05) is 24.6 Å². The molecule has 1 aromatic carbocycles. The first kappa shape index (κ1) is 14.3. The van der Waals surface area contributed by atoms with E-state index in [1.54, 1.807) is 17.0 Å². The zero-order valence-corrected chi connectivity index (χ0v) is 11.7. The van der Waals surface area contributed by atoms with Gasteiger partial charge in [-0.2, -0.15) is 0 Å². The third-order valence-corrected chi connectivity index (χ3v) is 2.97. The van der Waals surface area contributed by atoms with Crippen molar-refractivity contribution in [1.82, 2.24) is 4.90 Å². The summed E-state index contributed by atoms with van der Waals surface area (Å²) in [7, 11) is 0. The number of halogens is 2. The van der Waals surface area contributed by atoms with Gasteiger partial charge in [0.25, 0.3) is 5.91 Å². The summed E-state index contributed by atoms with van der Waals surface area (Å²) in [6, 6.07) is 5.37. The highest BCUT2D eigenvalue weighted by Crippen LogP contribution is 2.17. The molecule has 0 N–H and O–H groups in total. The van der Waals surface area contributed by atoms with E-state index in [0.29, 0.717) is 23.0 Å². The SMILES string of the molecule is CCCN(CCCl)C(=O)c1cc(Cl)ccc1C. The first-order chi connectivity index (χ1) is 8.10. The molecule has 0 heterocycles. The van der Waals surface area contributed by atoms with Crippen molar-refractivity contribution in [2.24, 2.45) is 0 Å². The average Bonchev–Trinajstić information content (AvgIpc) is 2.31. The third-order valence-electron chi connectivity index (χ3n) is 2.57. The highest BCUT2D eigenvalue weighted by Gasteiger charge is 2.16. The molecule has 2 nitrogen and oxygen atoms in total. The third kappa shape index (κ3) is 3.90. The molecule has 0 aromatic heterocycles. The van der Waals surface area contributed by atoms with Crippen LogP contribution in [-0.2, 0) is 0 Å². The summed E-state index contributed by atoms with van der Waals surface area (Å²) >= 11 is 11.6. The van der Waals surface area contributed by atoms with Crippen LogP contribution in [0, 0.1) is 6.92 Å². The molecule has 0 bridgehead atoms. The molecule has 0 unspecified atom stereocenters. The second-order valence-corrected chi connectivity index (χ2v) is 4.75. The molecule has 4 heteroatoms. The molecule has 17 heavy (non-hydrogen) atoms. The Hall–Kier alpha value is -0.730. The van der Waals surface area contributed by atoms with Gasteiger partial charge in [0.2, 0.25) is 0 Å². The predicted octanol–water partition coefficient (Wildman–Crippen LogP) is 3.74. The van der Waals surface area contributed by atoms with Crippen molar-refractivity contribution in [1.29, 1.82) is 0 Å². The lowest BCUT2D eigenvalue weighted by molar-refractivity contribution is 0.0765. The van der Waals surface area contributed by atoms with E-state index >= 15 is 0 Å². The van der Waals surface area contributed by atoms with Gasteiger partial charge >= 0.3 is 0 Å². The Balaban J connectivity index is 2.95. The van der Waals surface area contributed by atoms with E-state index in [4.69, 9.17) is 23.2 Å². The Morgan fingerprint density at radius 3 is 2.65 bits per heavy atom. The molecule has 1 aromatic rings. The minimum Gasteiger partial charge on any atom is -0.337 e. The largest absolute Gasteiger partial charge is 0.337 e. The summed E-state index contributed by atoms with van der Waals surface area (Å²) < 4.78 is 0. The van der Waals surface area contributed by atoms with Crippen molar-refractivity contribution in [3.05, 3.63) is 34.3 Å². The monoisotopic (exact) mass is 273 g/mol. The zero-order chi connectivity index (χ0) is 12.8. The molecule has 0 saturated carbocycles. The fourth-order valence-corrected chi connectivity index (χ4v) is 2.06. The first-order valence-electron chi connectivity index (χ1n) is 5.71. The molecular formula is C13H17Cl2NO. The summed E-state index contributed by atoms with van der Waals surface area (Å²) in [6.45, 7) is 5.24. The molecule has 1 rings (SSSR count). The average molecular weight is 274 g/mol. The van der Waals surface area contributed by atoms with Crippen LogP contribution in [0.2, 0.25) is 5.02 Å². The maximum Gasteiger partial charge on any atom is 0.254 e. The van der Waals surface area contributed by atoms with E-state index in [1.165, 1.54) is 0 Å². The topological polar surface area (TPSA) is 20.3 Å². The van der Waals surface area contributed by atoms with E-state index in [9.17, 15) is 4.79 Å². The van der Waals surface area contributed by atoms with Crippen molar-refractivity contribution >= 4 is 29.1 Å². The second kappa shape index (κ2) is 6.87.